The number of nitrogens with one attached hydrogen (secondary N) is 2. The number of rotatable bonds is 6. The van der Waals surface area contributed by atoms with Crippen molar-refractivity contribution in [2.45, 2.75) is 43.9 Å². The first-order valence-electron chi connectivity index (χ1n) is 9.46. The molecule has 2 aliphatic heterocycles. The highest BCUT2D eigenvalue weighted by Crippen LogP contribution is 2.23. The Labute approximate surface area is 169 Å². The molecule has 2 fully saturated rings. The summed E-state index contributed by atoms with van der Waals surface area (Å²) in [5.41, 5.74) is 2.54. The van der Waals surface area contributed by atoms with Crippen LogP contribution >= 0.6 is 11.6 Å². The molecule has 0 bridgehead atoms. The topological polar surface area (TPSA) is 87.7 Å². The SMILES string of the molecule is O=C(NNS(=O)(=O)C1CCOCC1)c1cc(CN2CCCCC2)cc(Cl)c1F. The van der Waals surface area contributed by atoms with Crippen LogP contribution in [0.1, 0.15) is 48.0 Å². The number of carbonyl (C=O) groups is 1. The van der Waals surface area contributed by atoms with Crippen LogP contribution in [0.15, 0.2) is 12.1 Å². The highest BCUT2D eigenvalue weighted by Gasteiger charge is 2.28. The summed E-state index contributed by atoms with van der Waals surface area (Å²) in [6, 6.07) is 2.93. The number of carbonyl (C=O) groups excluding carboxylic acids is 1. The van der Waals surface area contributed by atoms with Crippen LogP contribution in [-0.2, 0) is 21.3 Å². The first-order chi connectivity index (χ1) is 13.4. The van der Waals surface area contributed by atoms with E-state index in [4.69, 9.17) is 16.3 Å². The summed E-state index contributed by atoms with van der Waals surface area (Å²) in [6.07, 6.45) is 4.10. The van der Waals surface area contributed by atoms with Crippen LogP contribution in [0, 0.1) is 5.82 Å². The van der Waals surface area contributed by atoms with Crippen molar-refractivity contribution < 1.29 is 22.3 Å². The van der Waals surface area contributed by atoms with E-state index in [-0.39, 0.29) is 10.6 Å². The Kier molecular flexibility index (Phi) is 7.27. The minimum absolute atomic E-state index is 0.160. The smallest absolute Gasteiger partial charge is 0.269 e. The molecule has 1 aromatic carbocycles. The summed E-state index contributed by atoms with van der Waals surface area (Å²) in [7, 11) is -3.77. The van der Waals surface area contributed by atoms with E-state index >= 15 is 0 Å². The van der Waals surface area contributed by atoms with Crippen molar-refractivity contribution in [2.75, 3.05) is 26.3 Å². The van der Waals surface area contributed by atoms with E-state index in [2.05, 4.69) is 15.2 Å². The molecule has 28 heavy (non-hydrogen) atoms. The van der Waals surface area contributed by atoms with Crippen LogP contribution in [0.25, 0.3) is 0 Å². The second kappa shape index (κ2) is 9.49. The van der Waals surface area contributed by atoms with Crippen molar-refractivity contribution in [1.29, 1.82) is 0 Å². The number of nitrogens with zero attached hydrogens (tertiary/aromatic N) is 1. The van der Waals surface area contributed by atoms with E-state index in [0.29, 0.717) is 38.2 Å². The second-order valence-corrected chi connectivity index (χ2v) is 9.56. The predicted octanol–water partition coefficient (Wildman–Crippen LogP) is 2.21. The number of amides is 1. The number of benzene rings is 1. The summed E-state index contributed by atoms with van der Waals surface area (Å²) < 4.78 is 44.1. The minimum atomic E-state index is -3.77. The van der Waals surface area contributed by atoms with Gasteiger partial charge in [0.15, 0.2) is 5.82 Å². The van der Waals surface area contributed by atoms with E-state index in [0.717, 1.165) is 25.9 Å². The molecule has 2 N–H and O–H groups in total. The Hall–Kier alpha value is -1.26. The molecular formula is C18H25ClFN3O4S. The van der Waals surface area contributed by atoms with Crippen LogP contribution in [-0.4, -0.2) is 50.8 Å². The maximum Gasteiger partial charge on any atom is 0.269 e. The van der Waals surface area contributed by atoms with Gasteiger partial charge in [-0.2, -0.15) is 0 Å². The minimum Gasteiger partial charge on any atom is -0.381 e. The Morgan fingerprint density at radius 3 is 2.57 bits per heavy atom. The third-order valence-electron chi connectivity index (χ3n) is 5.10. The molecular weight excluding hydrogens is 409 g/mol. The molecule has 0 aromatic heterocycles. The molecule has 156 valence electrons. The van der Waals surface area contributed by atoms with Gasteiger partial charge in [0.25, 0.3) is 5.91 Å². The van der Waals surface area contributed by atoms with Gasteiger partial charge in [-0.05, 0) is 56.5 Å². The molecule has 7 nitrogen and oxygen atoms in total. The van der Waals surface area contributed by atoms with Crippen LogP contribution in [0.2, 0.25) is 5.02 Å². The number of hydrazine groups is 1. The Bertz CT molecular complexity index is 809. The van der Waals surface area contributed by atoms with Crippen molar-refractivity contribution in [3.05, 3.63) is 34.1 Å². The molecule has 0 spiro atoms. The maximum atomic E-state index is 14.4. The van der Waals surface area contributed by atoms with E-state index in [1.807, 2.05) is 0 Å². The van der Waals surface area contributed by atoms with Gasteiger partial charge in [0.2, 0.25) is 10.0 Å². The molecule has 0 radical (unpaired) electrons. The molecule has 0 saturated carbocycles. The fourth-order valence-corrected chi connectivity index (χ4v) is 4.99. The lowest BCUT2D eigenvalue weighted by Gasteiger charge is -2.26. The zero-order chi connectivity index (χ0) is 20.1. The van der Waals surface area contributed by atoms with Gasteiger partial charge in [0.1, 0.15) is 0 Å². The first kappa shape index (κ1) is 21.4. The third kappa shape index (κ3) is 5.42. The number of likely N-dealkylation sites (tertiary alicyclic amines) is 1. The van der Waals surface area contributed by atoms with Crippen molar-refractivity contribution in [1.82, 2.24) is 15.2 Å². The largest absolute Gasteiger partial charge is 0.381 e. The normalized spacial score (nSPS) is 19.5. The first-order valence-corrected chi connectivity index (χ1v) is 11.4. The number of sulfonamides is 1. The molecule has 2 heterocycles. The van der Waals surface area contributed by atoms with E-state index in [9.17, 15) is 17.6 Å². The number of ether oxygens (including phenoxy) is 1. The van der Waals surface area contributed by atoms with Gasteiger partial charge in [-0.3, -0.25) is 15.1 Å². The highest BCUT2D eigenvalue weighted by atomic mass is 35.5. The van der Waals surface area contributed by atoms with Crippen molar-refractivity contribution in [2.24, 2.45) is 0 Å². The van der Waals surface area contributed by atoms with Gasteiger partial charge in [-0.15, -0.1) is 4.83 Å². The van der Waals surface area contributed by atoms with E-state index < -0.39 is 27.0 Å². The van der Waals surface area contributed by atoms with Gasteiger partial charge >= 0.3 is 0 Å². The van der Waals surface area contributed by atoms with Gasteiger partial charge in [-0.1, -0.05) is 18.0 Å². The van der Waals surface area contributed by atoms with Crippen LogP contribution in [0.4, 0.5) is 4.39 Å². The van der Waals surface area contributed by atoms with Gasteiger partial charge < -0.3 is 4.74 Å². The maximum absolute atomic E-state index is 14.4. The lowest BCUT2D eigenvalue weighted by molar-refractivity contribution is 0.0934. The predicted molar refractivity (Wildman–Crippen MR) is 104 cm³/mol. The van der Waals surface area contributed by atoms with Gasteiger partial charge in [-0.25, -0.2) is 12.8 Å². The molecule has 0 atom stereocenters. The Morgan fingerprint density at radius 1 is 1.21 bits per heavy atom. The summed E-state index contributed by atoms with van der Waals surface area (Å²) in [5.74, 6) is -1.75. The molecule has 2 aliphatic rings. The van der Waals surface area contributed by atoms with Crippen molar-refractivity contribution in [3.8, 4) is 0 Å². The average Bonchev–Trinajstić information content (AvgIpc) is 2.70. The van der Waals surface area contributed by atoms with Gasteiger partial charge in [0.05, 0.1) is 15.8 Å². The Morgan fingerprint density at radius 2 is 1.89 bits per heavy atom. The molecule has 0 unspecified atom stereocenters. The summed E-state index contributed by atoms with van der Waals surface area (Å²) in [5, 5.41) is -0.813. The fraction of sp³-hybridized carbons (Fsp3) is 0.611. The molecule has 3 rings (SSSR count). The third-order valence-corrected chi connectivity index (χ3v) is 7.11. The van der Waals surface area contributed by atoms with Crippen molar-refractivity contribution in [3.63, 3.8) is 0 Å². The van der Waals surface area contributed by atoms with Gasteiger partial charge in [0, 0.05) is 19.8 Å². The van der Waals surface area contributed by atoms with E-state index in [1.54, 1.807) is 0 Å². The van der Waals surface area contributed by atoms with E-state index in [1.165, 1.54) is 18.6 Å². The number of hydrogen-bond acceptors (Lipinski definition) is 5. The zero-order valence-electron chi connectivity index (χ0n) is 15.5. The van der Waals surface area contributed by atoms with Crippen LogP contribution < -0.4 is 10.3 Å². The number of piperidine rings is 1. The standard InChI is InChI=1S/C18H25ClFN3O4S/c19-16-11-13(12-23-6-2-1-3-7-23)10-15(17(16)20)18(24)21-22-28(25,26)14-4-8-27-9-5-14/h10-11,14,22H,1-9,12H2,(H,21,24). The highest BCUT2D eigenvalue weighted by molar-refractivity contribution is 7.90. The Balaban J connectivity index is 1.68. The molecule has 1 aromatic rings. The summed E-state index contributed by atoms with van der Waals surface area (Å²) in [4.78, 5) is 16.7. The number of hydrogen-bond donors (Lipinski definition) is 2. The number of halogens is 2. The molecule has 10 heteroatoms. The molecule has 0 aliphatic carbocycles. The zero-order valence-corrected chi connectivity index (χ0v) is 17.1. The quantitative estimate of drug-likeness (QED) is 0.671. The van der Waals surface area contributed by atoms with Crippen LogP contribution in [0.5, 0.6) is 0 Å². The molecule has 2 saturated heterocycles. The lowest BCUT2D eigenvalue weighted by Crippen LogP contribution is -2.47. The monoisotopic (exact) mass is 433 g/mol. The average molecular weight is 434 g/mol. The summed E-state index contributed by atoms with van der Waals surface area (Å²) >= 11 is 5.97. The fourth-order valence-electron chi connectivity index (χ4n) is 3.53. The molecule has 1 amide bonds. The second-order valence-electron chi connectivity index (χ2n) is 7.19. The summed E-state index contributed by atoms with van der Waals surface area (Å²) in [6.45, 7) is 3.15. The van der Waals surface area contributed by atoms with Crippen molar-refractivity contribution >= 4 is 27.5 Å². The van der Waals surface area contributed by atoms with Crippen LogP contribution in [0.3, 0.4) is 0 Å². The lowest BCUT2D eigenvalue weighted by atomic mass is 10.1.